The summed E-state index contributed by atoms with van der Waals surface area (Å²) in [6.45, 7) is 1.76. The smallest absolute Gasteiger partial charge is 0.119 e. The van der Waals surface area contributed by atoms with Crippen LogP contribution in [0.4, 0.5) is 0 Å². The molecule has 0 amide bonds. The van der Waals surface area contributed by atoms with Crippen LogP contribution in [0.3, 0.4) is 0 Å². The fraction of sp³-hybridized carbons (Fsp3) is 0.182. The highest BCUT2D eigenvalue weighted by molar-refractivity contribution is 9.10. The Morgan fingerprint density at radius 2 is 1.32 bits per heavy atom. The predicted molar refractivity (Wildman–Crippen MR) is 108 cm³/mol. The van der Waals surface area contributed by atoms with Crippen molar-refractivity contribution in [2.75, 3.05) is 6.61 Å². The number of halogens is 1. The minimum Gasteiger partial charge on any atom is -0.494 e. The van der Waals surface area contributed by atoms with Gasteiger partial charge < -0.3 is 9.30 Å². The van der Waals surface area contributed by atoms with Crippen molar-refractivity contribution in [3.05, 3.63) is 77.3 Å². The number of rotatable bonds is 6. The van der Waals surface area contributed by atoms with Gasteiger partial charge >= 0.3 is 0 Å². The first kappa shape index (κ1) is 16.2. The summed E-state index contributed by atoms with van der Waals surface area (Å²) < 4.78 is 9.34. The molecule has 0 aliphatic carbocycles. The zero-order chi connectivity index (χ0) is 17.1. The van der Waals surface area contributed by atoms with E-state index in [9.17, 15) is 0 Å². The highest BCUT2D eigenvalue weighted by Crippen LogP contribution is 2.29. The van der Waals surface area contributed by atoms with Gasteiger partial charge in [0.1, 0.15) is 5.75 Å². The zero-order valence-electron chi connectivity index (χ0n) is 14.0. The molecule has 126 valence electrons. The van der Waals surface area contributed by atoms with E-state index >= 15 is 0 Å². The second-order valence-corrected chi connectivity index (χ2v) is 7.11. The van der Waals surface area contributed by atoms with Crippen LogP contribution in [0.2, 0.25) is 0 Å². The van der Waals surface area contributed by atoms with Gasteiger partial charge in [-0.1, -0.05) is 52.3 Å². The number of hydrogen-bond acceptors (Lipinski definition) is 1. The Hall–Kier alpha value is -2.26. The van der Waals surface area contributed by atoms with Crippen LogP contribution in [0.5, 0.6) is 5.75 Å². The lowest BCUT2D eigenvalue weighted by atomic mass is 10.2. The molecule has 0 aliphatic rings. The molecule has 0 fully saturated rings. The number of aryl methyl sites for hydroxylation is 1. The molecule has 1 aromatic heterocycles. The Morgan fingerprint density at radius 1 is 0.720 bits per heavy atom. The number of unbranched alkanes of at least 4 members (excludes halogenated alkanes) is 1. The lowest BCUT2D eigenvalue weighted by Crippen LogP contribution is -2.02. The van der Waals surface area contributed by atoms with Gasteiger partial charge in [0.15, 0.2) is 0 Å². The van der Waals surface area contributed by atoms with E-state index in [0.717, 1.165) is 36.2 Å². The van der Waals surface area contributed by atoms with E-state index in [1.165, 1.54) is 21.8 Å². The number of fused-ring (bicyclic) bond motifs is 3. The molecule has 4 aromatic rings. The van der Waals surface area contributed by atoms with Gasteiger partial charge in [-0.15, -0.1) is 0 Å². The summed E-state index contributed by atoms with van der Waals surface area (Å²) in [6.07, 6.45) is 2.14. The Labute approximate surface area is 156 Å². The van der Waals surface area contributed by atoms with Gasteiger partial charge in [-0.3, -0.25) is 0 Å². The third kappa shape index (κ3) is 3.42. The van der Waals surface area contributed by atoms with Gasteiger partial charge in [0.2, 0.25) is 0 Å². The molecule has 0 unspecified atom stereocenters. The molecule has 0 bridgehead atoms. The Bertz CT molecular complexity index is 935. The molecule has 0 saturated heterocycles. The standard InChI is InChI=1S/C22H20BrNO/c23-17-11-13-18(14-12-17)25-16-6-5-15-24-21-9-3-1-7-19(21)20-8-2-4-10-22(20)24/h1-4,7-14H,5-6,15-16H2. The lowest BCUT2D eigenvalue weighted by molar-refractivity contribution is 0.304. The third-order valence-corrected chi connectivity index (χ3v) is 5.07. The number of benzene rings is 3. The van der Waals surface area contributed by atoms with Crippen LogP contribution >= 0.6 is 15.9 Å². The van der Waals surface area contributed by atoms with Crippen molar-refractivity contribution < 1.29 is 4.74 Å². The van der Waals surface area contributed by atoms with Crippen LogP contribution in [-0.2, 0) is 6.54 Å². The number of nitrogens with zero attached hydrogens (tertiary/aromatic N) is 1. The summed E-state index contributed by atoms with van der Waals surface area (Å²) in [6, 6.07) is 25.3. The van der Waals surface area contributed by atoms with E-state index in [1.807, 2.05) is 24.3 Å². The van der Waals surface area contributed by atoms with Crippen molar-refractivity contribution in [3.8, 4) is 5.75 Å². The molecular weight excluding hydrogens is 374 g/mol. The van der Waals surface area contributed by atoms with Gasteiger partial charge in [0.05, 0.1) is 6.61 Å². The molecule has 25 heavy (non-hydrogen) atoms. The van der Waals surface area contributed by atoms with Crippen LogP contribution in [0, 0.1) is 0 Å². The van der Waals surface area contributed by atoms with Gasteiger partial charge in [0.25, 0.3) is 0 Å². The van der Waals surface area contributed by atoms with Gasteiger partial charge in [-0.05, 0) is 49.2 Å². The van der Waals surface area contributed by atoms with E-state index in [1.54, 1.807) is 0 Å². The maximum absolute atomic E-state index is 5.83. The largest absolute Gasteiger partial charge is 0.494 e. The van der Waals surface area contributed by atoms with Gasteiger partial charge in [-0.2, -0.15) is 0 Å². The van der Waals surface area contributed by atoms with Crippen molar-refractivity contribution in [2.24, 2.45) is 0 Å². The maximum Gasteiger partial charge on any atom is 0.119 e. The number of ether oxygens (including phenoxy) is 1. The quantitative estimate of drug-likeness (QED) is 0.345. The third-order valence-electron chi connectivity index (χ3n) is 4.54. The summed E-state index contributed by atoms with van der Waals surface area (Å²) in [5.74, 6) is 0.931. The Kier molecular flexibility index (Phi) is 4.75. The van der Waals surface area contributed by atoms with Gasteiger partial charge in [-0.25, -0.2) is 0 Å². The zero-order valence-corrected chi connectivity index (χ0v) is 15.6. The van der Waals surface area contributed by atoms with Crippen LogP contribution in [0.1, 0.15) is 12.8 Å². The first-order valence-electron chi connectivity index (χ1n) is 8.67. The summed E-state index contributed by atoms with van der Waals surface area (Å²) in [7, 11) is 0. The monoisotopic (exact) mass is 393 g/mol. The maximum atomic E-state index is 5.83. The molecule has 0 saturated carbocycles. The average Bonchev–Trinajstić information content (AvgIpc) is 2.97. The second-order valence-electron chi connectivity index (χ2n) is 6.20. The van der Waals surface area contributed by atoms with Crippen LogP contribution in [-0.4, -0.2) is 11.2 Å². The minimum atomic E-state index is 0.749. The van der Waals surface area contributed by atoms with Crippen LogP contribution < -0.4 is 4.74 Å². The van der Waals surface area contributed by atoms with Crippen molar-refractivity contribution in [1.82, 2.24) is 4.57 Å². The lowest BCUT2D eigenvalue weighted by Gasteiger charge is -2.09. The second kappa shape index (κ2) is 7.32. The van der Waals surface area contributed by atoms with E-state index in [-0.39, 0.29) is 0 Å². The normalized spacial score (nSPS) is 11.2. The molecule has 2 nitrogen and oxygen atoms in total. The highest BCUT2D eigenvalue weighted by atomic mass is 79.9. The fourth-order valence-corrected chi connectivity index (χ4v) is 3.60. The van der Waals surface area contributed by atoms with Crippen LogP contribution in [0.15, 0.2) is 77.3 Å². The number of hydrogen-bond donors (Lipinski definition) is 0. The molecule has 0 radical (unpaired) electrons. The first-order valence-corrected chi connectivity index (χ1v) is 9.46. The fourth-order valence-electron chi connectivity index (χ4n) is 3.34. The number of aromatic nitrogens is 1. The molecule has 3 heteroatoms. The molecular formula is C22H20BrNO. The van der Waals surface area contributed by atoms with Crippen molar-refractivity contribution in [3.63, 3.8) is 0 Å². The van der Waals surface area contributed by atoms with E-state index in [4.69, 9.17) is 4.74 Å². The van der Waals surface area contributed by atoms with E-state index in [0.29, 0.717) is 0 Å². The molecule has 0 spiro atoms. The SMILES string of the molecule is Brc1ccc(OCCCCn2c3ccccc3c3ccccc32)cc1. The molecule has 0 atom stereocenters. The molecule has 1 heterocycles. The molecule has 0 N–H and O–H groups in total. The van der Waals surface area contributed by atoms with E-state index in [2.05, 4.69) is 69.0 Å². The van der Waals surface area contributed by atoms with Crippen molar-refractivity contribution in [2.45, 2.75) is 19.4 Å². The topological polar surface area (TPSA) is 14.2 Å². The van der Waals surface area contributed by atoms with Crippen molar-refractivity contribution >= 4 is 37.7 Å². The Morgan fingerprint density at radius 3 is 1.96 bits per heavy atom. The Balaban J connectivity index is 1.43. The highest BCUT2D eigenvalue weighted by Gasteiger charge is 2.08. The predicted octanol–water partition coefficient (Wildman–Crippen LogP) is 6.42. The summed E-state index contributed by atoms with van der Waals surface area (Å²) >= 11 is 3.44. The van der Waals surface area contributed by atoms with E-state index < -0.39 is 0 Å². The summed E-state index contributed by atoms with van der Waals surface area (Å²) in [5.41, 5.74) is 2.63. The number of para-hydroxylation sites is 2. The summed E-state index contributed by atoms with van der Waals surface area (Å²) in [5, 5.41) is 2.67. The molecule has 4 rings (SSSR count). The summed E-state index contributed by atoms with van der Waals surface area (Å²) in [4.78, 5) is 0. The van der Waals surface area contributed by atoms with Crippen LogP contribution in [0.25, 0.3) is 21.8 Å². The first-order chi connectivity index (χ1) is 12.3. The van der Waals surface area contributed by atoms with Gasteiger partial charge in [0, 0.05) is 32.8 Å². The van der Waals surface area contributed by atoms with Crippen molar-refractivity contribution in [1.29, 1.82) is 0 Å². The average molecular weight is 394 g/mol. The molecule has 0 aliphatic heterocycles. The molecule has 3 aromatic carbocycles. The minimum absolute atomic E-state index is 0.749.